The first-order valence-corrected chi connectivity index (χ1v) is 8.51. The Labute approximate surface area is 146 Å². The Morgan fingerprint density at radius 3 is 2.84 bits per heavy atom. The van der Waals surface area contributed by atoms with Crippen molar-refractivity contribution in [3.8, 4) is 6.07 Å². The van der Waals surface area contributed by atoms with Crippen LogP contribution < -0.4 is 16.4 Å². The Morgan fingerprint density at radius 2 is 2.16 bits per heavy atom. The summed E-state index contributed by atoms with van der Waals surface area (Å²) in [4.78, 5) is 12.2. The summed E-state index contributed by atoms with van der Waals surface area (Å²) >= 11 is 0. The number of benzene rings is 1. The second kappa shape index (κ2) is 7.71. The highest BCUT2D eigenvalue weighted by atomic mass is 16.2. The van der Waals surface area contributed by atoms with Crippen LogP contribution in [0.15, 0.2) is 30.3 Å². The third kappa shape index (κ3) is 4.29. The number of nitriles is 1. The van der Waals surface area contributed by atoms with Gasteiger partial charge in [-0.15, -0.1) is 0 Å². The van der Waals surface area contributed by atoms with Crippen LogP contribution in [0.1, 0.15) is 42.1 Å². The molecular formula is C18H22N6O. The summed E-state index contributed by atoms with van der Waals surface area (Å²) in [5, 5.41) is 21.6. The van der Waals surface area contributed by atoms with Gasteiger partial charge in [-0.05, 0) is 37.2 Å². The standard InChI is InChI=1S/C18H22N6O/c19-11-14-15(23-24-17(14)20)7-4-10-21-18(25)22-16(13-8-9-13)12-5-2-1-3-6-12/h1-3,5-6,13,16H,4,7-10H2,(H3,20,23,24)(H2,21,22,25)/t16-/m0/s1. The highest BCUT2D eigenvalue weighted by Gasteiger charge is 2.33. The molecule has 0 unspecified atom stereocenters. The molecule has 25 heavy (non-hydrogen) atoms. The van der Waals surface area contributed by atoms with Gasteiger partial charge in [0.25, 0.3) is 0 Å². The molecule has 2 aromatic rings. The van der Waals surface area contributed by atoms with Crippen molar-refractivity contribution in [3.63, 3.8) is 0 Å². The molecule has 0 radical (unpaired) electrons. The van der Waals surface area contributed by atoms with E-state index in [0.29, 0.717) is 36.6 Å². The zero-order valence-corrected chi connectivity index (χ0v) is 14.0. The molecular weight excluding hydrogens is 316 g/mol. The van der Waals surface area contributed by atoms with Gasteiger partial charge in [0, 0.05) is 6.54 Å². The number of aryl methyl sites for hydroxylation is 1. The number of hydrogen-bond donors (Lipinski definition) is 4. The largest absolute Gasteiger partial charge is 0.381 e. The second-order valence-corrected chi connectivity index (χ2v) is 6.30. The van der Waals surface area contributed by atoms with E-state index in [1.165, 1.54) is 0 Å². The Morgan fingerprint density at radius 1 is 1.40 bits per heavy atom. The first kappa shape index (κ1) is 16.8. The van der Waals surface area contributed by atoms with E-state index in [4.69, 9.17) is 11.0 Å². The molecule has 2 amide bonds. The molecule has 5 N–H and O–H groups in total. The number of aromatic nitrogens is 2. The monoisotopic (exact) mass is 338 g/mol. The number of carbonyl (C=O) groups is 1. The quantitative estimate of drug-likeness (QED) is 0.579. The fourth-order valence-electron chi connectivity index (χ4n) is 2.92. The summed E-state index contributed by atoms with van der Waals surface area (Å²) in [7, 11) is 0. The summed E-state index contributed by atoms with van der Waals surface area (Å²) in [6.45, 7) is 0.516. The summed E-state index contributed by atoms with van der Waals surface area (Å²) < 4.78 is 0. The molecule has 1 aliphatic carbocycles. The van der Waals surface area contributed by atoms with Gasteiger partial charge in [-0.1, -0.05) is 30.3 Å². The molecule has 1 fully saturated rings. The number of nitrogens with zero attached hydrogens (tertiary/aromatic N) is 2. The van der Waals surface area contributed by atoms with Crippen LogP contribution in [0.25, 0.3) is 0 Å². The van der Waals surface area contributed by atoms with Gasteiger partial charge in [0.05, 0.1) is 11.7 Å². The number of nitrogens with one attached hydrogen (secondary N) is 3. The number of H-pyrrole nitrogens is 1. The number of urea groups is 1. The van der Waals surface area contributed by atoms with Crippen LogP contribution >= 0.6 is 0 Å². The van der Waals surface area contributed by atoms with Crippen LogP contribution in [0.4, 0.5) is 10.6 Å². The highest BCUT2D eigenvalue weighted by molar-refractivity contribution is 5.74. The lowest BCUT2D eigenvalue weighted by Gasteiger charge is -2.19. The lowest BCUT2D eigenvalue weighted by molar-refractivity contribution is 0.235. The lowest BCUT2D eigenvalue weighted by atomic mass is 10.0. The average molecular weight is 338 g/mol. The number of aromatic amines is 1. The van der Waals surface area contributed by atoms with Gasteiger partial charge in [0.1, 0.15) is 11.6 Å². The van der Waals surface area contributed by atoms with Crippen molar-refractivity contribution < 1.29 is 4.79 Å². The first-order chi connectivity index (χ1) is 12.2. The van der Waals surface area contributed by atoms with Crippen molar-refractivity contribution in [2.45, 2.75) is 31.7 Å². The Hall–Kier alpha value is -3.01. The minimum atomic E-state index is -0.162. The van der Waals surface area contributed by atoms with Crippen LogP contribution in [0.5, 0.6) is 0 Å². The zero-order valence-electron chi connectivity index (χ0n) is 14.0. The molecule has 130 valence electrons. The maximum atomic E-state index is 12.2. The molecule has 1 aliphatic rings. The van der Waals surface area contributed by atoms with E-state index in [1.807, 2.05) is 24.3 Å². The van der Waals surface area contributed by atoms with E-state index in [0.717, 1.165) is 18.4 Å². The van der Waals surface area contributed by atoms with Crippen LogP contribution in [0.2, 0.25) is 0 Å². The van der Waals surface area contributed by atoms with Crippen LogP contribution in [-0.4, -0.2) is 22.8 Å². The van der Waals surface area contributed by atoms with Crippen molar-refractivity contribution in [1.29, 1.82) is 5.26 Å². The molecule has 0 spiro atoms. The van der Waals surface area contributed by atoms with E-state index in [9.17, 15) is 4.79 Å². The fraction of sp³-hybridized carbons (Fsp3) is 0.389. The summed E-state index contributed by atoms with van der Waals surface area (Å²) in [6.07, 6.45) is 3.61. The van der Waals surface area contributed by atoms with Crippen molar-refractivity contribution in [3.05, 3.63) is 47.2 Å². The van der Waals surface area contributed by atoms with Crippen LogP contribution in [0.3, 0.4) is 0 Å². The minimum Gasteiger partial charge on any atom is -0.381 e. The molecule has 0 bridgehead atoms. The molecule has 1 saturated carbocycles. The lowest BCUT2D eigenvalue weighted by Crippen LogP contribution is -2.39. The summed E-state index contributed by atoms with van der Waals surface area (Å²) in [5.74, 6) is 0.748. The molecule has 0 saturated heterocycles. The average Bonchev–Trinajstić information content (AvgIpc) is 3.41. The highest BCUT2D eigenvalue weighted by Crippen LogP contribution is 2.40. The Bertz CT molecular complexity index is 760. The molecule has 1 aromatic carbocycles. The van der Waals surface area contributed by atoms with Crippen molar-refractivity contribution in [2.24, 2.45) is 5.92 Å². The van der Waals surface area contributed by atoms with Gasteiger partial charge in [-0.2, -0.15) is 10.4 Å². The first-order valence-electron chi connectivity index (χ1n) is 8.51. The van der Waals surface area contributed by atoms with E-state index in [2.05, 4.69) is 33.0 Å². The molecule has 7 nitrogen and oxygen atoms in total. The SMILES string of the molecule is N#Cc1c(N)n[nH]c1CCCNC(=O)N[C@@H](c1ccccc1)C1CC1. The second-order valence-electron chi connectivity index (χ2n) is 6.30. The number of amides is 2. The number of carbonyl (C=O) groups excluding carboxylic acids is 1. The predicted molar refractivity (Wildman–Crippen MR) is 94.5 cm³/mol. The van der Waals surface area contributed by atoms with E-state index < -0.39 is 0 Å². The smallest absolute Gasteiger partial charge is 0.315 e. The van der Waals surface area contributed by atoms with E-state index in [-0.39, 0.29) is 17.9 Å². The molecule has 3 rings (SSSR count). The van der Waals surface area contributed by atoms with Gasteiger partial charge in [0.15, 0.2) is 5.82 Å². The number of anilines is 1. The number of rotatable bonds is 7. The van der Waals surface area contributed by atoms with Crippen LogP contribution in [0, 0.1) is 17.2 Å². The summed E-state index contributed by atoms with van der Waals surface area (Å²) in [5.41, 5.74) is 7.85. The number of hydrogen-bond acceptors (Lipinski definition) is 4. The Kier molecular flexibility index (Phi) is 5.19. The van der Waals surface area contributed by atoms with Crippen molar-refractivity contribution in [1.82, 2.24) is 20.8 Å². The zero-order chi connectivity index (χ0) is 17.6. The molecule has 1 heterocycles. The Balaban J connectivity index is 1.45. The minimum absolute atomic E-state index is 0.0683. The maximum Gasteiger partial charge on any atom is 0.315 e. The fourth-order valence-corrected chi connectivity index (χ4v) is 2.92. The van der Waals surface area contributed by atoms with Gasteiger partial charge >= 0.3 is 6.03 Å². The van der Waals surface area contributed by atoms with E-state index in [1.54, 1.807) is 0 Å². The number of nitrogens with two attached hydrogens (primary N) is 1. The molecule has 1 aromatic heterocycles. The van der Waals surface area contributed by atoms with E-state index >= 15 is 0 Å². The molecule has 0 aliphatic heterocycles. The van der Waals surface area contributed by atoms with Crippen molar-refractivity contribution >= 4 is 11.8 Å². The van der Waals surface area contributed by atoms with Crippen molar-refractivity contribution in [2.75, 3.05) is 12.3 Å². The predicted octanol–water partition coefficient (Wildman–Crippen LogP) is 2.25. The van der Waals surface area contributed by atoms with Gasteiger partial charge in [-0.3, -0.25) is 5.10 Å². The van der Waals surface area contributed by atoms with Gasteiger partial charge in [-0.25, -0.2) is 4.79 Å². The molecule has 7 heteroatoms. The third-order valence-electron chi connectivity index (χ3n) is 4.41. The third-order valence-corrected chi connectivity index (χ3v) is 4.41. The van der Waals surface area contributed by atoms with Gasteiger partial charge in [0.2, 0.25) is 0 Å². The topological polar surface area (TPSA) is 120 Å². The van der Waals surface area contributed by atoms with Gasteiger partial charge < -0.3 is 16.4 Å². The maximum absolute atomic E-state index is 12.2. The number of nitrogen functional groups attached to an aromatic ring is 1. The van der Waals surface area contributed by atoms with Crippen LogP contribution in [-0.2, 0) is 6.42 Å². The molecule has 1 atom stereocenters. The summed E-state index contributed by atoms with van der Waals surface area (Å²) in [6, 6.07) is 12.0. The normalized spacial score (nSPS) is 14.5.